The Hall–Kier alpha value is -1.87. The summed E-state index contributed by atoms with van der Waals surface area (Å²) in [6.07, 6.45) is 0. The van der Waals surface area contributed by atoms with Crippen LogP contribution in [0.3, 0.4) is 0 Å². The van der Waals surface area contributed by atoms with Crippen molar-refractivity contribution < 1.29 is 13.6 Å². The molecule has 1 N–H and O–H groups in total. The Morgan fingerprint density at radius 2 is 1.52 bits per heavy atom. The van der Waals surface area contributed by atoms with Gasteiger partial charge in [-0.1, -0.05) is 48.5 Å². The summed E-state index contributed by atoms with van der Waals surface area (Å²) in [5, 5.41) is 1.49. The smallest absolute Gasteiger partial charge is 0.354 e. The molecule has 0 bridgehead atoms. The van der Waals surface area contributed by atoms with E-state index in [-0.39, 0.29) is 0 Å². The van der Waals surface area contributed by atoms with E-state index < -0.39 is 7.60 Å². The Labute approximate surface area is 136 Å². The molecule has 0 unspecified atom stereocenters. The van der Waals surface area contributed by atoms with Crippen molar-refractivity contribution in [1.82, 2.24) is 4.98 Å². The average molecular weight is 329 g/mol. The maximum atomic E-state index is 13.4. The molecular weight excluding hydrogens is 309 g/mol. The topological polar surface area (TPSA) is 51.3 Å². The third-order valence-corrected chi connectivity index (χ3v) is 5.82. The third-order valence-electron chi connectivity index (χ3n) is 3.61. The van der Waals surface area contributed by atoms with Crippen LogP contribution in [0, 0.1) is 0 Å². The first-order chi connectivity index (χ1) is 11.2. The molecule has 3 aromatic rings. The van der Waals surface area contributed by atoms with E-state index in [9.17, 15) is 4.57 Å². The maximum absolute atomic E-state index is 13.4. The van der Waals surface area contributed by atoms with Gasteiger partial charge in [0.2, 0.25) is 0 Å². The Morgan fingerprint density at radius 3 is 2.17 bits per heavy atom. The molecule has 0 atom stereocenters. The van der Waals surface area contributed by atoms with Crippen molar-refractivity contribution >= 4 is 23.8 Å². The molecule has 1 heterocycles. The zero-order valence-electron chi connectivity index (χ0n) is 13.3. The van der Waals surface area contributed by atoms with Gasteiger partial charge in [-0.05, 0) is 25.5 Å². The number of rotatable bonds is 6. The number of aromatic amines is 1. The lowest BCUT2D eigenvalue weighted by Gasteiger charge is -2.18. The van der Waals surface area contributed by atoms with Gasteiger partial charge in [0, 0.05) is 10.9 Å². The van der Waals surface area contributed by atoms with Crippen molar-refractivity contribution in [2.45, 2.75) is 13.8 Å². The Morgan fingerprint density at radius 1 is 0.913 bits per heavy atom. The van der Waals surface area contributed by atoms with E-state index in [0.717, 1.165) is 22.2 Å². The normalized spacial score (nSPS) is 11.9. The molecule has 120 valence electrons. The van der Waals surface area contributed by atoms with Gasteiger partial charge < -0.3 is 14.0 Å². The standard InChI is InChI=1S/C18H20NO3P/c1-3-21-23(20,22-4-2)18-15-12-8-9-13-16(15)19-17(18)14-10-6-5-7-11-14/h5-13,19H,3-4H2,1-2H3. The fourth-order valence-electron chi connectivity index (χ4n) is 2.73. The molecule has 3 rings (SSSR count). The minimum absolute atomic E-state index is 0.324. The number of aromatic nitrogens is 1. The number of hydrogen-bond acceptors (Lipinski definition) is 3. The molecular formula is C18H20NO3P. The quantitative estimate of drug-likeness (QED) is 0.665. The lowest BCUT2D eigenvalue weighted by Crippen LogP contribution is -2.12. The summed E-state index contributed by atoms with van der Waals surface area (Å²) in [5.74, 6) is 0. The SMILES string of the molecule is CCOP(=O)(OCC)c1c(-c2ccccc2)[nH]c2ccccc12. The Kier molecular flexibility index (Phi) is 4.67. The van der Waals surface area contributed by atoms with E-state index in [0.29, 0.717) is 18.5 Å². The van der Waals surface area contributed by atoms with Crippen LogP contribution in [0.1, 0.15) is 13.8 Å². The molecule has 0 amide bonds. The van der Waals surface area contributed by atoms with Gasteiger partial charge in [0.1, 0.15) is 0 Å². The fourth-order valence-corrected chi connectivity index (χ4v) is 4.69. The third kappa shape index (κ3) is 2.98. The highest BCUT2D eigenvalue weighted by molar-refractivity contribution is 7.63. The largest absolute Gasteiger partial charge is 0.364 e. The lowest BCUT2D eigenvalue weighted by molar-refractivity contribution is 0.230. The second-order valence-corrected chi connectivity index (χ2v) is 7.05. The highest BCUT2D eigenvalue weighted by atomic mass is 31.2. The van der Waals surface area contributed by atoms with Crippen molar-refractivity contribution in [3.8, 4) is 11.3 Å². The van der Waals surface area contributed by atoms with Crippen LogP contribution in [0.15, 0.2) is 54.6 Å². The number of H-pyrrole nitrogens is 1. The first-order valence-corrected chi connectivity index (χ1v) is 9.29. The number of benzene rings is 2. The first-order valence-electron chi connectivity index (χ1n) is 7.75. The zero-order valence-corrected chi connectivity index (χ0v) is 14.2. The first kappa shape index (κ1) is 16.0. The molecule has 0 saturated heterocycles. The van der Waals surface area contributed by atoms with Gasteiger partial charge in [0.25, 0.3) is 0 Å². The Bertz CT molecular complexity index is 832. The number of nitrogens with one attached hydrogen (secondary N) is 1. The molecule has 0 saturated carbocycles. The van der Waals surface area contributed by atoms with Crippen LogP contribution in [0.5, 0.6) is 0 Å². The average Bonchev–Trinajstić information content (AvgIpc) is 2.96. The summed E-state index contributed by atoms with van der Waals surface area (Å²) in [6, 6.07) is 17.6. The predicted octanol–water partition coefficient (Wildman–Crippen LogP) is 4.73. The van der Waals surface area contributed by atoms with E-state index in [1.54, 1.807) is 0 Å². The molecule has 0 aliphatic carbocycles. The van der Waals surface area contributed by atoms with E-state index in [1.807, 2.05) is 68.4 Å². The maximum Gasteiger partial charge on any atom is 0.364 e. The minimum atomic E-state index is -3.40. The number of para-hydroxylation sites is 1. The fraction of sp³-hybridized carbons (Fsp3) is 0.222. The van der Waals surface area contributed by atoms with Crippen molar-refractivity contribution in [2.75, 3.05) is 13.2 Å². The monoisotopic (exact) mass is 329 g/mol. The predicted molar refractivity (Wildman–Crippen MR) is 94.2 cm³/mol. The molecule has 0 aliphatic heterocycles. The lowest BCUT2D eigenvalue weighted by atomic mass is 10.1. The molecule has 23 heavy (non-hydrogen) atoms. The van der Waals surface area contributed by atoms with Crippen LogP contribution in [-0.2, 0) is 13.6 Å². The summed E-state index contributed by atoms with van der Waals surface area (Å²) in [5.41, 5.74) is 2.66. The van der Waals surface area contributed by atoms with E-state index in [1.165, 1.54) is 0 Å². The highest BCUT2D eigenvalue weighted by Gasteiger charge is 2.33. The molecule has 4 nitrogen and oxygen atoms in total. The molecule has 5 heteroatoms. The second-order valence-electron chi connectivity index (χ2n) is 5.09. The van der Waals surface area contributed by atoms with Crippen LogP contribution in [0.2, 0.25) is 0 Å². The van der Waals surface area contributed by atoms with Crippen LogP contribution in [0.4, 0.5) is 0 Å². The summed E-state index contributed by atoms with van der Waals surface area (Å²) < 4.78 is 24.6. The van der Waals surface area contributed by atoms with Crippen molar-refractivity contribution in [3.05, 3.63) is 54.6 Å². The molecule has 0 fully saturated rings. The van der Waals surface area contributed by atoms with Gasteiger partial charge in [0.05, 0.1) is 24.2 Å². The van der Waals surface area contributed by atoms with Crippen LogP contribution in [-0.4, -0.2) is 18.2 Å². The molecule has 0 radical (unpaired) electrons. The summed E-state index contributed by atoms with van der Waals surface area (Å²) in [7, 11) is -3.40. The van der Waals surface area contributed by atoms with E-state index in [2.05, 4.69) is 4.98 Å². The van der Waals surface area contributed by atoms with Gasteiger partial charge in [-0.3, -0.25) is 4.57 Å². The highest BCUT2D eigenvalue weighted by Crippen LogP contribution is 2.51. The minimum Gasteiger partial charge on any atom is -0.354 e. The summed E-state index contributed by atoms with van der Waals surface area (Å²) >= 11 is 0. The van der Waals surface area contributed by atoms with Crippen LogP contribution >= 0.6 is 7.60 Å². The van der Waals surface area contributed by atoms with Gasteiger partial charge in [0.15, 0.2) is 0 Å². The van der Waals surface area contributed by atoms with E-state index >= 15 is 0 Å². The summed E-state index contributed by atoms with van der Waals surface area (Å²) in [6.45, 7) is 4.29. The van der Waals surface area contributed by atoms with Gasteiger partial charge in [-0.15, -0.1) is 0 Å². The Balaban J connectivity index is 2.31. The molecule has 0 aliphatic rings. The van der Waals surface area contributed by atoms with Crippen molar-refractivity contribution in [2.24, 2.45) is 0 Å². The molecule has 2 aromatic carbocycles. The molecule has 1 aromatic heterocycles. The van der Waals surface area contributed by atoms with Crippen LogP contribution in [0.25, 0.3) is 22.2 Å². The molecule has 0 spiro atoms. The van der Waals surface area contributed by atoms with Crippen LogP contribution < -0.4 is 5.30 Å². The van der Waals surface area contributed by atoms with E-state index in [4.69, 9.17) is 9.05 Å². The summed E-state index contributed by atoms with van der Waals surface area (Å²) in [4.78, 5) is 3.37. The van der Waals surface area contributed by atoms with Gasteiger partial charge in [-0.25, -0.2) is 0 Å². The second kappa shape index (κ2) is 6.71. The van der Waals surface area contributed by atoms with Crippen molar-refractivity contribution in [1.29, 1.82) is 0 Å². The number of fused-ring (bicyclic) bond motifs is 1. The van der Waals surface area contributed by atoms with Gasteiger partial charge >= 0.3 is 7.60 Å². The zero-order chi connectivity index (χ0) is 16.3. The number of hydrogen-bond donors (Lipinski definition) is 1. The van der Waals surface area contributed by atoms with Gasteiger partial charge in [-0.2, -0.15) is 0 Å². The van der Waals surface area contributed by atoms with Crippen molar-refractivity contribution in [3.63, 3.8) is 0 Å².